The second-order valence-electron chi connectivity index (χ2n) is 2.91. The number of likely N-dealkylation sites (N-methyl/N-ethyl adjacent to an activating group) is 1. The van der Waals surface area contributed by atoms with Crippen molar-refractivity contribution in [3.05, 3.63) is 0 Å². The Kier molecular flexibility index (Phi) is 5.04. The first kappa shape index (κ1) is 15.0. The molecule has 0 saturated heterocycles. The summed E-state index contributed by atoms with van der Waals surface area (Å²) in [4.78, 5) is 10.7. The van der Waals surface area contributed by atoms with Crippen molar-refractivity contribution < 1.29 is 31.1 Å². The fraction of sp³-hybridized carbons (Fsp3) is 0.857. The zero-order valence-corrected chi connectivity index (χ0v) is 8.17. The maximum absolute atomic E-state index is 12.0. The molecule has 0 heterocycles. The van der Waals surface area contributed by atoms with Crippen LogP contribution in [0.1, 0.15) is 0 Å². The minimum absolute atomic E-state index is 0.0776. The van der Waals surface area contributed by atoms with E-state index in [1.807, 2.05) is 0 Å². The third-order valence-electron chi connectivity index (χ3n) is 1.59. The van der Waals surface area contributed by atoms with E-state index in [0.29, 0.717) is 0 Å². The summed E-state index contributed by atoms with van der Waals surface area (Å²) in [6.07, 6.45) is -11.3. The zero-order valence-electron chi connectivity index (χ0n) is 8.17. The van der Waals surface area contributed by atoms with Gasteiger partial charge in [0.15, 0.2) is 0 Å². The first-order valence-electron chi connectivity index (χ1n) is 4.16. The third-order valence-corrected chi connectivity index (χ3v) is 1.59. The molecule has 0 rings (SSSR count). The molecule has 96 valence electrons. The van der Waals surface area contributed by atoms with Crippen molar-refractivity contribution in [1.29, 1.82) is 0 Å². The minimum atomic E-state index is -5.64. The van der Waals surface area contributed by atoms with Gasteiger partial charge in [-0.2, -0.15) is 26.3 Å². The molecule has 0 bridgehead atoms. The Morgan fingerprint density at radius 1 is 1.06 bits per heavy atom. The van der Waals surface area contributed by atoms with E-state index in [4.69, 9.17) is 0 Å². The fourth-order valence-electron chi connectivity index (χ4n) is 0.896. The van der Waals surface area contributed by atoms with Gasteiger partial charge in [-0.15, -0.1) is 0 Å². The molecule has 0 unspecified atom stereocenters. The molecule has 0 atom stereocenters. The van der Waals surface area contributed by atoms with Gasteiger partial charge in [0, 0.05) is 13.1 Å². The quantitative estimate of drug-likeness (QED) is 0.580. The molecule has 0 spiro atoms. The molecule has 16 heavy (non-hydrogen) atoms. The van der Waals surface area contributed by atoms with Gasteiger partial charge in [0.05, 0.1) is 0 Å². The highest BCUT2D eigenvalue weighted by atomic mass is 19.4. The SMILES string of the molecule is CNCCNC(=O)C(C(F)(F)F)C(F)(F)F. The maximum Gasteiger partial charge on any atom is 0.409 e. The number of halogens is 6. The Hall–Kier alpha value is -0.990. The van der Waals surface area contributed by atoms with E-state index in [2.05, 4.69) is 5.32 Å². The van der Waals surface area contributed by atoms with Gasteiger partial charge in [0.1, 0.15) is 0 Å². The summed E-state index contributed by atoms with van der Waals surface area (Å²) in [5, 5.41) is 4.02. The van der Waals surface area contributed by atoms with Crippen LogP contribution in [0, 0.1) is 5.92 Å². The molecule has 0 aliphatic heterocycles. The molecule has 3 nitrogen and oxygen atoms in total. The normalized spacial score (nSPS) is 13.0. The fourth-order valence-corrected chi connectivity index (χ4v) is 0.896. The van der Waals surface area contributed by atoms with Crippen molar-refractivity contribution in [3.8, 4) is 0 Å². The Morgan fingerprint density at radius 2 is 1.50 bits per heavy atom. The largest absolute Gasteiger partial charge is 0.409 e. The number of carbonyl (C=O) groups excluding carboxylic acids is 1. The molecular formula is C7H10F6N2O. The number of rotatable bonds is 4. The molecule has 2 N–H and O–H groups in total. The van der Waals surface area contributed by atoms with E-state index in [1.165, 1.54) is 7.05 Å². The van der Waals surface area contributed by atoms with Crippen LogP contribution in [-0.4, -0.2) is 38.4 Å². The van der Waals surface area contributed by atoms with E-state index >= 15 is 0 Å². The molecule has 0 radical (unpaired) electrons. The lowest BCUT2D eigenvalue weighted by atomic mass is 10.1. The standard InChI is InChI=1S/C7H10F6N2O/c1-14-2-3-15-5(16)4(6(8,9)10)7(11,12)13/h4,14H,2-3H2,1H3,(H,15,16). The topological polar surface area (TPSA) is 41.1 Å². The zero-order chi connectivity index (χ0) is 13.0. The Labute approximate surface area is 87.2 Å². The lowest BCUT2D eigenvalue weighted by Gasteiger charge is -2.21. The number of amides is 1. The number of alkyl halides is 6. The minimum Gasteiger partial charge on any atom is -0.354 e. The summed E-state index contributed by atoms with van der Waals surface area (Å²) in [7, 11) is 1.44. The summed E-state index contributed by atoms with van der Waals surface area (Å²) in [5.74, 6) is -6.06. The predicted molar refractivity (Wildman–Crippen MR) is 42.5 cm³/mol. The van der Waals surface area contributed by atoms with Crippen molar-refractivity contribution in [2.24, 2.45) is 5.92 Å². The first-order chi connectivity index (χ1) is 7.10. The van der Waals surface area contributed by atoms with Crippen LogP contribution in [0.2, 0.25) is 0 Å². The van der Waals surface area contributed by atoms with Crippen molar-refractivity contribution in [1.82, 2.24) is 10.6 Å². The van der Waals surface area contributed by atoms with Gasteiger partial charge in [-0.05, 0) is 7.05 Å². The van der Waals surface area contributed by atoms with Crippen molar-refractivity contribution >= 4 is 5.91 Å². The van der Waals surface area contributed by atoms with Crippen LogP contribution in [0.4, 0.5) is 26.3 Å². The van der Waals surface area contributed by atoms with E-state index in [9.17, 15) is 31.1 Å². The highest BCUT2D eigenvalue weighted by molar-refractivity contribution is 5.80. The predicted octanol–water partition coefficient (Wildman–Crippen LogP) is 1.06. The van der Waals surface area contributed by atoms with Gasteiger partial charge in [-0.25, -0.2) is 0 Å². The summed E-state index contributed by atoms with van der Waals surface area (Å²) < 4.78 is 71.9. The second-order valence-corrected chi connectivity index (χ2v) is 2.91. The Morgan fingerprint density at radius 3 is 1.81 bits per heavy atom. The summed E-state index contributed by atoms with van der Waals surface area (Å²) in [6.45, 7) is -0.230. The third kappa shape index (κ3) is 4.69. The highest BCUT2D eigenvalue weighted by Gasteiger charge is 2.60. The Bertz CT molecular complexity index is 222. The summed E-state index contributed by atoms with van der Waals surface area (Å²) >= 11 is 0. The molecule has 0 aliphatic rings. The molecule has 9 heteroatoms. The monoisotopic (exact) mass is 252 g/mol. The van der Waals surface area contributed by atoms with Crippen LogP contribution in [0.3, 0.4) is 0 Å². The summed E-state index contributed by atoms with van der Waals surface area (Å²) in [5.41, 5.74) is 0. The van der Waals surface area contributed by atoms with Crippen LogP contribution in [-0.2, 0) is 4.79 Å². The number of carbonyl (C=O) groups is 1. The summed E-state index contributed by atoms with van der Waals surface area (Å²) in [6, 6.07) is 0. The molecule has 0 fully saturated rings. The molecule has 1 amide bonds. The Balaban J connectivity index is 4.61. The molecule has 0 aromatic heterocycles. The average Bonchev–Trinajstić information content (AvgIpc) is 1.98. The van der Waals surface area contributed by atoms with Gasteiger partial charge in [0.2, 0.25) is 11.8 Å². The van der Waals surface area contributed by atoms with Crippen molar-refractivity contribution in [2.75, 3.05) is 20.1 Å². The highest BCUT2D eigenvalue weighted by Crippen LogP contribution is 2.39. The van der Waals surface area contributed by atoms with E-state index < -0.39 is 24.2 Å². The van der Waals surface area contributed by atoms with E-state index in [0.717, 1.165) is 0 Å². The van der Waals surface area contributed by atoms with E-state index in [1.54, 1.807) is 5.32 Å². The van der Waals surface area contributed by atoms with Crippen molar-refractivity contribution in [2.45, 2.75) is 12.4 Å². The van der Waals surface area contributed by atoms with Gasteiger partial charge < -0.3 is 10.6 Å². The van der Waals surface area contributed by atoms with Crippen LogP contribution in [0.5, 0.6) is 0 Å². The second kappa shape index (κ2) is 5.37. The van der Waals surface area contributed by atoms with Crippen molar-refractivity contribution in [3.63, 3.8) is 0 Å². The maximum atomic E-state index is 12.0. The van der Waals surface area contributed by atoms with Crippen LogP contribution in [0.25, 0.3) is 0 Å². The molecule has 0 saturated carbocycles. The molecule has 0 aliphatic carbocycles. The van der Waals surface area contributed by atoms with Crippen LogP contribution < -0.4 is 10.6 Å². The molecule has 0 aromatic rings. The van der Waals surface area contributed by atoms with Crippen LogP contribution >= 0.6 is 0 Å². The van der Waals surface area contributed by atoms with Gasteiger partial charge in [-0.1, -0.05) is 0 Å². The number of nitrogens with one attached hydrogen (secondary N) is 2. The number of hydrogen-bond acceptors (Lipinski definition) is 2. The van der Waals surface area contributed by atoms with Crippen LogP contribution in [0.15, 0.2) is 0 Å². The number of hydrogen-bond donors (Lipinski definition) is 2. The molecule has 0 aromatic carbocycles. The smallest absolute Gasteiger partial charge is 0.354 e. The molecular weight excluding hydrogens is 242 g/mol. The first-order valence-corrected chi connectivity index (χ1v) is 4.16. The van der Waals surface area contributed by atoms with E-state index in [-0.39, 0.29) is 13.1 Å². The average molecular weight is 252 g/mol. The lowest BCUT2D eigenvalue weighted by Crippen LogP contribution is -2.48. The lowest BCUT2D eigenvalue weighted by molar-refractivity contribution is -0.274. The van der Waals surface area contributed by atoms with Gasteiger partial charge in [0.25, 0.3) is 0 Å². The van der Waals surface area contributed by atoms with Gasteiger partial charge >= 0.3 is 12.4 Å². The van der Waals surface area contributed by atoms with Gasteiger partial charge in [-0.3, -0.25) is 4.79 Å².